The molecule has 0 fully saturated rings. The Morgan fingerprint density at radius 3 is 2.62 bits per heavy atom. The Balaban J connectivity index is 2.65. The number of hydrogen-bond acceptors (Lipinski definition) is 3. The van der Waals surface area contributed by atoms with Crippen molar-refractivity contribution in [2.45, 2.75) is 19.1 Å². The van der Waals surface area contributed by atoms with Crippen molar-refractivity contribution in [1.82, 2.24) is 4.57 Å². The maximum Gasteiger partial charge on any atom is 0.138 e. The lowest BCUT2D eigenvalue weighted by molar-refractivity contribution is 0.106. The van der Waals surface area contributed by atoms with Crippen LogP contribution in [0.1, 0.15) is 34.7 Å². The van der Waals surface area contributed by atoms with Gasteiger partial charge in [0.1, 0.15) is 18.0 Å². The highest BCUT2D eigenvalue weighted by molar-refractivity contribution is 5.48. The van der Waals surface area contributed by atoms with Gasteiger partial charge in [-0.15, -0.1) is 0 Å². The summed E-state index contributed by atoms with van der Waals surface area (Å²) in [5.41, 5.74) is 3.04. The Kier molecular flexibility index (Phi) is 2.56. The molecular weight excluding hydrogens is 206 g/mol. The van der Waals surface area contributed by atoms with E-state index in [1.54, 1.807) is 0 Å². The third kappa shape index (κ3) is 1.30. The highest BCUT2D eigenvalue weighted by Crippen LogP contribution is 2.39. The van der Waals surface area contributed by atoms with Crippen molar-refractivity contribution < 1.29 is 14.9 Å². The first kappa shape index (κ1) is 11.2. The van der Waals surface area contributed by atoms with Gasteiger partial charge in [0.15, 0.2) is 0 Å². The van der Waals surface area contributed by atoms with E-state index in [-0.39, 0.29) is 0 Å². The number of fused-ring (bicyclic) bond motifs is 1. The third-order valence-electron chi connectivity index (χ3n) is 3.28. The fourth-order valence-corrected chi connectivity index (χ4v) is 2.22. The van der Waals surface area contributed by atoms with Gasteiger partial charge in [-0.25, -0.2) is 0 Å². The minimum Gasteiger partial charge on any atom is -0.498 e. The van der Waals surface area contributed by atoms with Crippen molar-refractivity contribution in [3.05, 3.63) is 41.3 Å². The SMILES string of the molecule is [CH2]c1c2c(n(C)c1C)C(O)C=C(OC)C2O. The zero-order valence-corrected chi connectivity index (χ0v) is 9.69. The van der Waals surface area contributed by atoms with Gasteiger partial charge in [-0.2, -0.15) is 0 Å². The molecule has 2 atom stereocenters. The van der Waals surface area contributed by atoms with Crippen molar-refractivity contribution in [2.75, 3.05) is 7.11 Å². The monoisotopic (exact) mass is 222 g/mol. The summed E-state index contributed by atoms with van der Waals surface area (Å²) >= 11 is 0. The van der Waals surface area contributed by atoms with Crippen LogP contribution in [0.5, 0.6) is 0 Å². The average molecular weight is 222 g/mol. The average Bonchev–Trinajstić information content (AvgIpc) is 2.49. The van der Waals surface area contributed by atoms with E-state index < -0.39 is 12.2 Å². The number of methoxy groups -OCH3 is 1. The molecule has 87 valence electrons. The van der Waals surface area contributed by atoms with E-state index in [1.165, 1.54) is 13.2 Å². The van der Waals surface area contributed by atoms with E-state index in [0.717, 1.165) is 11.3 Å². The molecule has 16 heavy (non-hydrogen) atoms. The molecule has 1 aliphatic rings. The van der Waals surface area contributed by atoms with Crippen LogP contribution in [-0.2, 0) is 11.8 Å². The first-order valence-electron chi connectivity index (χ1n) is 5.11. The van der Waals surface area contributed by atoms with Gasteiger partial charge in [0.2, 0.25) is 0 Å². The molecule has 0 saturated heterocycles. The molecule has 0 amide bonds. The Labute approximate surface area is 94.8 Å². The zero-order valence-electron chi connectivity index (χ0n) is 9.69. The van der Waals surface area contributed by atoms with Crippen molar-refractivity contribution in [2.24, 2.45) is 7.05 Å². The van der Waals surface area contributed by atoms with E-state index in [1.807, 2.05) is 18.5 Å². The van der Waals surface area contributed by atoms with Gasteiger partial charge in [-0.05, 0) is 25.5 Å². The van der Waals surface area contributed by atoms with E-state index >= 15 is 0 Å². The highest BCUT2D eigenvalue weighted by atomic mass is 16.5. The molecule has 0 aromatic carbocycles. The predicted octanol–water partition coefficient (Wildman–Crippen LogP) is 1.13. The second kappa shape index (κ2) is 3.64. The minimum absolute atomic E-state index is 0.371. The van der Waals surface area contributed by atoms with Crippen molar-refractivity contribution in [1.29, 1.82) is 0 Å². The molecule has 0 spiro atoms. The van der Waals surface area contributed by atoms with Crippen LogP contribution in [0.15, 0.2) is 11.8 Å². The van der Waals surface area contributed by atoms with Crippen LogP contribution in [0.2, 0.25) is 0 Å². The van der Waals surface area contributed by atoms with Crippen LogP contribution < -0.4 is 0 Å². The lowest BCUT2D eigenvalue weighted by atomic mass is 9.94. The molecule has 2 N–H and O–H groups in total. The summed E-state index contributed by atoms with van der Waals surface area (Å²) in [5, 5.41) is 20.1. The van der Waals surface area contributed by atoms with Crippen molar-refractivity contribution in [3.8, 4) is 0 Å². The Morgan fingerprint density at radius 1 is 1.44 bits per heavy atom. The van der Waals surface area contributed by atoms with Gasteiger partial charge in [-0.3, -0.25) is 0 Å². The van der Waals surface area contributed by atoms with Gasteiger partial charge >= 0.3 is 0 Å². The lowest BCUT2D eigenvalue weighted by Crippen LogP contribution is -2.16. The smallest absolute Gasteiger partial charge is 0.138 e. The summed E-state index contributed by atoms with van der Waals surface area (Å²) in [4.78, 5) is 0. The van der Waals surface area contributed by atoms with Crippen LogP contribution in [0.3, 0.4) is 0 Å². The van der Waals surface area contributed by atoms with Crippen LogP contribution in [0.4, 0.5) is 0 Å². The molecule has 1 aliphatic carbocycles. The third-order valence-corrected chi connectivity index (χ3v) is 3.28. The normalized spacial score (nSPS) is 24.0. The molecule has 0 aliphatic heterocycles. The number of aliphatic hydroxyl groups is 2. The molecule has 0 saturated carbocycles. The number of nitrogens with zero attached hydrogens (tertiary/aromatic N) is 1. The van der Waals surface area contributed by atoms with Crippen LogP contribution >= 0.6 is 0 Å². The molecule has 1 aromatic heterocycles. The largest absolute Gasteiger partial charge is 0.498 e. The van der Waals surface area contributed by atoms with Crippen molar-refractivity contribution in [3.63, 3.8) is 0 Å². The van der Waals surface area contributed by atoms with Gasteiger partial charge in [0.05, 0.1) is 12.8 Å². The zero-order chi connectivity index (χ0) is 12.0. The summed E-state index contributed by atoms with van der Waals surface area (Å²) < 4.78 is 6.90. The number of ether oxygens (including phenoxy) is 1. The Morgan fingerprint density at radius 2 is 2.06 bits per heavy atom. The molecule has 1 aromatic rings. The predicted molar refractivity (Wildman–Crippen MR) is 59.6 cm³/mol. The molecule has 4 heteroatoms. The second-order valence-corrected chi connectivity index (χ2v) is 4.04. The molecular formula is C12H16NO3. The van der Waals surface area contributed by atoms with Gasteiger partial charge in [0, 0.05) is 18.3 Å². The molecule has 2 rings (SSSR count). The van der Waals surface area contributed by atoms with Gasteiger partial charge in [-0.1, -0.05) is 0 Å². The topological polar surface area (TPSA) is 54.6 Å². The maximum atomic E-state index is 10.1. The number of aromatic nitrogens is 1. The molecule has 0 bridgehead atoms. The molecule has 2 unspecified atom stereocenters. The summed E-state index contributed by atoms with van der Waals surface area (Å²) in [7, 11) is 3.33. The first-order chi connectivity index (χ1) is 7.49. The quantitative estimate of drug-likeness (QED) is 0.748. The maximum absolute atomic E-state index is 10.1. The first-order valence-corrected chi connectivity index (χ1v) is 5.11. The van der Waals surface area contributed by atoms with E-state index in [9.17, 15) is 10.2 Å². The number of hydrogen-bond donors (Lipinski definition) is 2. The van der Waals surface area contributed by atoms with Crippen molar-refractivity contribution >= 4 is 0 Å². The van der Waals surface area contributed by atoms with Crippen LogP contribution in [0.25, 0.3) is 0 Å². The molecule has 1 radical (unpaired) electrons. The standard InChI is InChI=1S/C12H16NO3/c1-6-7(2)13(3)11-8(14)5-9(16-4)12(15)10(6)11/h5,8,12,14-15H,1H2,2-4H3. The number of rotatable bonds is 1. The fourth-order valence-electron chi connectivity index (χ4n) is 2.22. The molecule has 4 nitrogen and oxygen atoms in total. The van der Waals surface area contributed by atoms with Crippen LogP contribution in [0, 0.1) is 13.8 Å². The minimum atomic E-state index is -0.837. The van der Waals surface area contributed by atoms with E-state index in [4.69, 9.17) is 4.74 Å². The summed E-state index contributed by atoms with van der Waals surface area (Å²) in [6, 6.07) is 0. The summed E-state index contributed by atoms with van der Waals surface area (Å²) in [6.07, 6.45) is -0.0744. The lowest BCUT2D eigenvalue weighted by Gasteiger charge is -2.24. The van der Waals surface area contributed by atoms with Crippen LogP contribution in [-0.4, -0.2) is 21.9 Å². The second-order valence-electron chi connectivity index (χ2n) is 4.04. The highest BCUT2D eigenvalue weighted by Gasteiger charge is 2.32. The van der Waals surface area contributed by atoms with Gasteiger partial charge in [0.25, 0.3) is 0 Å². The Bertz CT molecular complexity index is 459. The van der Waals surface area contributed by atoms with Gasteiger partial charge < -0.3 is 19.5 Å². The Hall–Kier alpha value is -1.26. The number of aliphatic hydroxyl groups excluding tert-OH is 2. The fraction of sp³-hybridized carbons (Fsp3) is 0.417. The van der Waals surface area contributed by atoms with E-state index in [0.29, 0.717) is 17.0 Å². The summed E-state index contributed by atoms with van der Waals surface area (Å²) in [5.74, 6) is 0.371. The molecule has 1 heterocycles. The summed E-state index contributed by atoms with van der Waals surface area (Å²) in [6.45, 7) is 5.84. The van der Waals surface area contributed by atoms with E-state index in [2.05, 4.69) is 6.92 Å².